The van der Waals surface area contributed by atoms with Gasteiger partial charge >= 0.3 is 0 Å². The van der Waals surface area contributed by atoms with Gasteiger partial charge in [0.2, 0.25) is 0 Å². The second-order valence-corrected chi connectivity index (χ2v) is 4.39. The molecule has 1 aliphatic heterocycles. The average Bonchev–Trinajstić information content (AvgIpc) is 2.37. The van der Waals surface area contributed by atoms with E-state index in [0.29, 0.717) is 6.04 Å². The summed E-state index contributed by atoms with van der Waals surface area (Å²) in [5.74, 6) is 0. The van der Waals surface area contributed by atoms with Crippen molar-refractivity contribution in [2.45, 2.75) is 19.9 Å². The first-order chi connectivity index (χ1) is 8.31. The average molecular weight is 235 g/mol. The third kappa shape index (κ3) is 3.17. The van der Waals surface area contributed by atoms with Crippen LogP contribution < -0.4 is 10.2 Å². The molecule has 1 atom stereocenters. The summed E-state index contributed by atoms with van der Waals surface area (Å²) in [6.07, 6.45) is 1.88. The van der Waals surface area contributed by atoms with Crippen LogP contribution in [0.5, 0.6) is 0 Å². The monoisotopic (exact) mass is 235 g/mol. The minimum atomic E-state index is 0.422. The van der Waals surface area contributed by atoms with Crippen molar-refractivity contribution in [3.63, 3.8) is 0 Å². The molecular weight excluding hydrogens is 214 g/mol. The Morgan fingerprint density at radius 2 is 2.47 bits per heavy atom. The fraction of sp³-hybridized carbons (Fsp3) is 0.615. The predicted octanol–water partition coefficient (Wildman–Crippen LogP) is 1.20. The van der Waals surface area contributed by atoms with E-state index in [-0.39, 0.29) is 0 Å². The lowest BCUT2D eigenvalue weighted by molar-refractivity contribution is 0.0939. The Morgan fingerprint density at radius 1 is 1.59 bits per heavy atom. The lowest BCUT2D eigenvalue weighted by atomic mass is 10.2. The molecule has 1 unspecified atom stereocenters. The predicted molar refractivity (Wildman–Crippen MR) is 69.5 cm³/mol. The number of nitrogens with one attached hydrogen (secondary N) is 1. The van der Waals surface area contributed by atoms with Crippen molar-refractivity contribution in [3.8, 4) is 0 Å². The normalized spacial score (nSPS) is 20.6. The highest BCUT2D eigenvalue weighted by atomic mass is 16.5. The number of ether oxygens (including phenoxy) is 1. The lowest BCUT2D eigenvalue weighted by Crippen LogP contribution is -2.50. The molecule has 1 aromatic rings. The van der Waals surface area contributed by atoms with E-state index in [1.54, 1.807) is 0 Å². The molecule has 2 heterocycles. The Balaban J connectivity index is 2.10. The Morgan fingerprint density at radius 3 is 3.24 bits per heavy atom. The molecule has 4 heteroatoms. The van der Waals surface area contributed by atoms with Gasteiger partial charge in [-0.15, -0.1) is 0 Å². The van der Waals surface area contributed by atoms with Gasteiger partial charge in [0.15, 0.2) is 0 Å². The number of likely N-dealkylation sites (N-methyl/N-ethyl adjacent to an activating group) is 1. The quantitative estimate of drug-likeness (QED) is 0.851. The maximum absolute atomic E-state index is 5.56. The van der Waals surface area contributed by atoms with Crippen LogP contribution in [0.25, 0.3) is 0 Å². The van der Waals surface area contributed by atoms with Crippen LogP contribution in [0.15, 0.2) is 18.3 Å². The third-order valence-electron chi connectivity index (χ3n) is 3.07. The fourth-order valence-electron chi connectivity index (χ4n) is 2.18. The molecule has 1 fully saturated rings. The lowest BCUT2D eigenvalue weighted by Gasteiger charge is -2.37. The standard InChI is InChI=1S/C13H21N3O/c1-3-14-9-13-10-17-7-6-16(13)12-4-5-15-11(2)8-12/h4-5,8,13-14H,3,6-7,9-10H2,1-2H3. The molecule has 0 aromatic carbocycles. The summed E-state index contributed by atoms with van der Waals surface area (Å²) in [7, 11) is 0. The molecule has 1 aromatic heterocycles. The van der Waals surface area contributed by atoms with Gasteiger partial charge in [-0.05, 0) is 25.6 Å². The van der Waals surface area contributed by atoms with Crippen LogP contribution in [0.1, 0.15) is 12.6 Å². The van der Waals surface area contributed by atoms with Crippen molar-refractivity contribution in [2.24, 2.45) is 0 Å². The summed E-state index contributed by atoms with van der Waals surface area (Å²) in [4.78, 5) is 6.67. The van der Waals surface area contributed by atoms with E-state index in [4.69, 9.17) is 4.74 Å². The second-order valence-electron chi connectivity index (χ2n) is 4.39. The maximum Gasteiger partial charge on any atom is 0.0683 e. The van der Waals surface area contributed by atoms with Gasteiger partial charge in [-0.2, -0.15) is 0 Å². The Kier molecular flexibility index (Phi) is 4.34. The van der Waals surface area contributed by atoms with Crippen molar-refractivity contribution in [2.75, 3.05) is 37.7 Å². The van der Waals surface area contributed by atoms with E-state index in [2.05, 4.69) is 34.3 Å². The molecule has 0 bridgehead atoms. The summed E-state index contributed by atoms with van der Waals surface area (Å²) < 4.78 is 5.56. The summed E-state index contributed by atoms with van der Waals surface area (Å²) >= 11 is 0. The molecule has 1 saturated heterocycles. The summed E-state index contributed by atoms with van der Waals surface area (Å²) in [5.41, 5.74) is 2.32. The van der Waals surface area contributed by atoms with Crippen molar-refractivity contribution < 1.29 is 4.74 Å². The van der Waals surface area contributed by atoms with Gasteiger partial charge in [0.1, 0.15) is 0 Å². The van der Waals surface area contributed by atoms with Gasteiger partial charge in [-0.25, -0.2) is 0 Å². The molecule has 1 aliphatic rings. The minimum absolute atomic E-state index is 0.422. The highest BCUT2D eigenvalue weighted by molar-refractivity contribution is 5.48. The van der Waals surface area contributed by atoms with Crippen molar-refractivity contribution in [1.82, 2.24) is 10.3 Å². The number of aromatic nitrogens is 1. The minimum Gasteiger partial charge on any atom is -0.377 e. The molecule has 17 heavy (non-hydrogen) atoms. The number of hydrogen-bond acceptors (Lipinski definition) is 4. The van der Waals surface area contributed by atoms with E-state index in [0.717, 1.165) is 38.5 Å². The zero-order valence-corrected chi connectivity index (χ0v) is 10.6. The highest BCUT2D eigenvalue weighted by Crippen LogP contribution is 2.19. The van der Waals surface area contributed by atoms with Crippen LogP contribution in [0.4, 0.5) is 5.69 Å². The second kappa shape index (κ2) is 5.98. The highest BCUT2D eigenvalue weighted by Gasteiger charge is 2.22. The van der Waals surface area contributed by atoms with Crippen molar-refractivity contribution in [1.29, 1.82) is 0 Å². The van der Waals surface area contributed by atoms with Crippen LogP contribution in [0.2, 0.25) is 0 Å². The van der Waals surface area contributed by atoms with E-state index in [1.807, 2.05) is 13.1 Å². The van der Waals surface area contributed by atoms with E-state index in [1.165, 1.54) is 5.69 Å². The number of rotatable bonds is 4. The molecule has 0 saturated carbocycles. The number of aryl methyl sites for hydroxylation is 1. The zero-order chi connectivity index (χ0) is 12.1. The first-order valence-corrected chi connectivity index (χ1v) is 6.29. The first kappa shape index (κ1) is 12.3. The SMILES string of the molecule is CCNCC1COCCN1c1ccnc(C)c1. The van der Waals surface area contributed by atoms with Gasteiger partial charge < -0.3 is 15.0 Å². The number of morpholine rings is 1. The van der Waals surface area contributed by atoms with E-state index >= 15 is 0 Å². The summed E-state index contributed by atoms with van der Waals surface area (Å²) in [5, 5.41) is 3.40. The molecule has 0 amide bonds. The number of nitrogens with zero attached hydrogens (tertiary/aromatic N) is 2. The Bertz CT molecular complexity index is 356. The first-order valence-electron chi connectivity index (χ1n) is 6.29. The summed E-state index contributed by atoms with van der Waals surface area (Å²) in [6.45, 7) is 8.70. The zero-order valence-electron chi connectivity index (χ0n) is 10.6. The van der Waals surface area contributed by atoms with Crippen molar-refractivity contribution in [3.05, 3.63) is 24.0 Å². The van der Waals surface area contributed by atoms with Crippen LogP contribution >= 0.6 is 0 Å². The van der Waals surface area contributed by atoms with Gasteiger partial charge in [0.25, 0.3) is 0 Å². The topological polar surface area (TPSA) is 37.4 Å². The molecule has 0 spiro atoms. The molecule has 4 nitrogen and oxygen atoms in total. The third-order valence-corrected chi connectivity index (χ3v) is 3.07. The fourth-order valence-corrected chi connectivity index (χ4v) is 2.18. The number of pyridine rings is 1. The molecule has 1 N–H and O–H groups in total. The van der Waals surface area contributed by atoms with Crippen LogP contribution in [0, 0.1) is 6.92 Å². The molecular formula is C13H21N3O. The number of hydrogen-bond donors (Lipinski definition) is 1. The van der Waals surface area contributed by atoms with Crippen LogP contribution in [-0.2, 0) is 4.74 Å². The molecule has 2 rings (SSSR count). The van der Waals surface area contributed by atoms with Gasteiger partial charge in [-0.1, -0.05) is 6.92 Å². The van der Waals surface area contributed by atoms with Crippen LogP contribution in [0.3, 0.4) is 0 Å². The Hall–Kier alpha value is -1.13. The van der Waals surface area contributed by atoms with Crippen LogP contribution in [-0.4, -0.2) is 43.9 Å². The van der Waals surface area contributed by atoms with E-state index < -0.39 is 0 Å². The van der Waals surface area contributed by atoms with Gasteiger partial charge in [0, 0.05) is 30.7 Å². The molecule has 0 radical (unpaired) electrons. The number of anilines is 1. The van der Waals surface area contributed by atoms with Crippen molar-refractivity contribution >= 4 is 5.69 Å². The Labute approximate surface area is 103 Å². The molecule has 0 aliphatic carbocycles. The smallest absolute Gasteiger partial charge is 0.0683 e. The van der Waals surface area contributed by atoms with E-state index in [9.17, 15) is 0 Å². The molecule has 94 valence electrons. The van der Waals surface area contributed by atoms with Gasteiger partial charge in [0.05, 0.1) is 19.3 Å². The maximum atomic E-state index is 5.56. The largest absolute Gasteiger partial charge is 0.377 e. The van der Waals surface area contributed by atoms with Gasteiger partial charge in [-0.3, -0.25) is 4.98 Å². The summed E-state index contributed by atoms with van der Waals surface area (Å²) in [6, 6.07) is 4.65.